The van der Waals surface area contributed by atoms with Crippen LogP contribution in [-0.4, -0.2) is 102 Å². The standard InChI is InChI=1S/C37H40N6O4/c1-6-31(40(5)23(3)43-35(45)27-13-7-10-24-11-8-14-28(32(24)27)36(43)46)38-22(2)42-34(44)29-15-9-12-25-20-26(21-30(33(25)29)37(42)47)41-18-16-39(4)17-19-41/h7-15,20-23,31,38H,6,16-19H2,1-5H3. The molecule has 10 heteroatoms. The first-order valence-corrected chi connectivity index (χ1v) is 16.4. The number of carbonyl (C=O) groups excluding carboxylic acids is 4. The summed E-state index contributed by atoms with van der Waals surface area (Å²) >= 11 is 0. The normalized spacial score (nSPS) is 18.9. The van der Waals surface area contributed by atoms with Crippen molar-refractivity contribution in [2.45, 2.75) is 45.7 Å². The number of imide groups is 2. The number of anilines is 1. The van der Waals surface area contributed by atoms with Gasteiger partial charge in [-0.05, 0) is 75.5 Å². The minimum atomic E-state index is -0.674. The van der Waals surface area contributed by atoms with Gasteiger partial charge < -0.3 is 9.80 Å². The first kappa shape index (κ1) is 31.0. The van der Waals surface area contributed by atoms with E-state index in [1.54, 1.807) is 25.1 Å². The Labute approximate surface area is 274 Å². The van der Waals surface area contributed by atoms with Crippen molar-refractivity contribution >= 4 is 50.9 Å². The second kappa shape index (κ2) is 11.9. The van der Waals surface area contributed by atoms with E-state index in [0.717, 1.165) is 42.6 Å². The quantitative estimate of drug-likeness (QED) is 0.223. The molecule has 242 valence electrons. The highest BCUT2D eigenvalue weighted by Crippen LogP contribution is 2.35. The highest BCUT2D eigenvalue weighted by atomic mass is 16.2. The molecule has 4 amide bonds. The van der Waals surface area contributed by atoms with Gasteiger partial charge in [0.15, 0.2) is 0 Å². The maximum atomic E-state index is 14.2. The van der Waals surface area contributed by atoms with Gasteiger partial charge in [0, 0.05) is 59.3 Å². The number of nitrogens with zero attached hydrogens (tertiary/aromatic N) is 5. The van der Waals surface area contributed by atoms with Gasteiger partial charge in [0.1, 0.15) is 0 Å². The van der Waals surface area contributed by atoms with Crippen LogP contribution in [0, 0.1) is 0 Å². The summed E-state index contributed by atoms with van der Waals surface area (Å²) in [7, 11) is 3.96. The number of carbonyl (C=O) groups is 4. The molecule has 3 atom stereocenters. The lowest BCUT2D eigenvalue weighted by atomic mass is 9.92. The second-order valence-electron chi connectivity index (χ2n) is 12.9. The van der Waals surface area contributed by atoms with Crippen molar-refractivity contribution in [1.82, 2.24) is 24.9 Å². The van der Waals surface area contributed by atoms with Crippen LogP contribution in [0.3, 0.4) is 0 Å². The number of piperazine rings is 1. The fraction of sp³-hybridized carbons (Fsp3) is 0.351. The summed E-state index contributed by atoms with van der Waals surface area (Å²) in [5.41, 5.74) is 3.01. The van der Waals surface area contributed by atoms with Crippen LogP contribution in [0.2, 0.25) is 0 Å². The average molecular weight is 633 g/mol. The maximum absolute atomic E-state index is 14.2. The van der Waals surface area contributed by atoms with Crippen LogP contribution in [-0.2, 0) is 0 Å². The second-order valence-corrected chi connectivity index (χ2v) is 12.9. The molecule has 3 unspecified atom stereocenters. The van der Waals surface area contributed by atoms with Gasteiger partial charge in [0.2, 0.25) is 0 Å². The lowest BCUT2D eigenvalue weighted by Crippen LogP contribution is -2.61. The number of amides is 4. The zero-order chi connectivity index (χ0) is 33.1. The van der Waals surface area contributed by atoms with E-state index in [4.69, 9.17) is 0 Å². The van der Waals surface area contributed by atoms with Gasteiger partial charge in [-0.15, -0.1) is 0 Å². The summed E-state index contributed by atoms with van der Waals surface area (Å²) in [5, 5.41) is 6.59. The Bertz CT molecular complexity index is 1900. The highest BCUT2D eigenvalue weighted by Gasteiger charge is 2.41. The van der Waals surface area contributed by atoms with E-state index < -0.39 is 12.3 Å². The van der Waals surface area contributed by atoms with Crippen LogP contribution in [0.5, 0.6) is 0 Å². The Morgan fingerprint density at radius 1 is 0.702 bits per heavy atom. The van der Waals surface area contributed by atoms with E-state index in [-0.39, 0.29) is 29.8 Å². The van der Waals surface area contributed by atoms with Gasteiger partial charge >= 0.3 is 0 Å². The molecule has 10 nitrogen and oxygen atoms in total. The van der Waals surface area contributed by atoms with Gasteiger partial charge in [0.25, 0.3) is 23.6 Å². The number of rotatable bonds is 8. The SMILES string of the molecule is CCC(NC(C)N1C(=O)c2cccc3cc(N4CCN(C)CC4)cc(c23)C1=O)N(C)C(C)N1C(=O)c2cccc3cccc(c23)C1=O. The van der Waals surface area contributed by atoms with Crippen molar-refractivity contribution < 1.29 is 19.2 Å². The molecule has 0 aromatic heterocycles. The summed E-state index contributed by atoms with van der Waals surface area (Å²) in [5.74, 6) is -1.38. The Hall–Kier alpha value is -4.64. The Kier molecular flexibility index (Phi) is 7.82. The molecule has 0 saturated carbocycles. The molecule has 4 aromatic rings. The summed E-state index contributed by atoms with van der Waals surface area (Å²) in [6, 6.07) is 20.6. The molecule has 0 aliphatic carbocycles. The van der Waals surface area contributed by atoms with E-state index >= 15 is 0 Å². The molecule has 0 radical (unpaired) electrons. The molecule has 1 fully saturated rings. The van der Waals surface area contributed by atoms with Gasteiger partial charge in [-0.3, -0.25) is 39.2 Å². The molecule has 1 N–H and O–H groups in total. The topological polar surface area (TPSA) is 96.5 Å². The first-order chi connectivity index (χ1) is 22.6. The Morgan fingerprint density at radius 3 is 1.79 bits per heavy atom. The number of benzene rings is 4. The number of hydrogen-bond donors (Lipinski definition) is 1. The lowest BCUT2D eigenvalue weighted by Gasteiger charge is -2.42. The summed E-state index contributed by atoms with van der Waals surface area (Å²) in [6.07, 6.45) is -1.07. The summed E-state index contributed by atoms with van der Waals surface area (Å²) < 4.78 is 0. The van der Waals surface area contributed by atoms with E-state index in [9.17, 15) is 19.2 Å². The third-order valence-corrected chi connectivity index (χ3v) is 10.2. The zero-order valence-corrected chi connectivity index (χ0v) is 27.5. The molecule has 3 aliphatic rings. The number of hydrogen-bond acceptors (Lipinski definition) is 8. The van der Waals surface area contributed by atoms with E-state index in [0.29, 0.717) is 39.4 Å². The molecule has 0 spiro atoms. The molecular weight excluding hydrogens is 592 g/mol. The molecule has 47 heavy (non-hydrogen) atoms. The molecule has 3 aliphatic heterocycles. The minimum absolute atomic E-state index is 0.341. The van der Waals surface area contributed by atoms with Crippen LogP contribution in [0.15, 0.2) is 66.7 Å². The van der Waals surface area contributed by atoms with Gasteiger partial charge in [0.05, 0.1) is 24.1 Å². The molecule has 1 saturated heterocycles. The predicted octanol–water partition coefficient (Wildman–Crippen LogP) is 4.59. The Morgan fingerprint density at radius 2 is 1.21 bits per heavy atom. The minimum Gasteiger partial charge on any atom is -0.369 e. The summed E-state index contributed by atoms with van der Waals surface area (Å²) in [4.78, 5) is 64.7. The van der Waals surface area contributed by atoms with Gasteiger partial charge in [-0.2, -0.15) is 0 Å². The van der Waals surface area contributed by atoms with Gasteiger partial charge in [-0.1, -0.05) is 43.3 Å². The van der Waals surface area contributed by atoms with Crippen LogP contribution in [0.25, 0.3) is 21.5 Å². The van der Waals surface area contributed by atoms with Crippen molar-refractivity contribution in [2.75, 3.05) is 45.2 Å². The smallest absolute Gasteiger partial charge is 0.262 e. The van der Waals surface area contributed by atoms with Crippen LogP contribution < -0.4 is 10.2 Å². The number of likely N-dealkylation sites (N-methyl/N-ethyl adjacent to an activating group) is 1. The summed E-state index contributed by atoms with van der Waals surface area (Å²) in [6.45, 7) is 9.22. The largest absolute Gasteiger partial charge is 0.369 e. The first-order valence-electron chi connectivity index (χ1n) is 16.4. The van der Waals surface area contributed by atoms with Crippen molar-refractivity contribution in [3.05, 3.63) is 89.0 Å². The van der Waals surface area contributed by atoms with E-state index in [1.165, 1.54) is 9.80 Å². The predicted molar refractivity (Wildman–Crippen MR) is 183 cm³/mol. The molecule has 4 aromatic carbocycles. The molecular formula is C37H40N6O4. The van der Waals surface area contributed by atoms with Crippen LogP contribution >= 0.6 is 0 Å². The zero-order valence-electron chi connectivity index (χ0n) is 27.5. The monoisotopic (exact) mass is 632 g/mol. The van der Waals surface area contributed by atoms with E-state index in [1.807, 2.05) is 68.3 Å². The van der Waals surface area contributed by atoms with Crippen molar-refractivity contribution in [3.63, 3.8) is 0 Å². The van der Waals surface area contributed by atoms with Crippen molar-refractivity contribution in [1.29, 1.82) is 0 Å². The van der Waals surface area contributed by atoms with Crippen molar-refractivity contribution in [3.8, 4) is 0 Å². The highest BCUT2D eigenvalue weighted by molar-refractivity contribution is 6.26. The third kappa shape index (κ3) is 4.99. The van der Waals surface area contributed by atoms with Crippen LogP contribution in [0.1, 0.15) is 68.6 Å². The van der Waals surface area contributed by atoms with E-state index in [2.05, 4.69) is 28.2 Å². The molecule has 3 heterocycles. The van der Waals surface area contributed by atoms with Crippen LogP contribution in [0.4, 0.5) is 5.69 Å². The third-order valence-electron chi connectivity index (χ3n) is 10.2. The maximum Gasteiger partial charge on any atom is 0.262 e. The average Bonchev–Trinajstić information content (AvgIpc) is 3.08. The van der Waals surface area contributed by atoms with Gasteiger partial charge in [-0.25, -0.2) is 0 Å². The fourth-order valence-electron chi connectivity index (χ4n) is 7.42. The Balaban J connectivity index is 1.14. The lowest BCUT2D eigenvalue weighted by molar-refractivity contribution is 0.0153. The number of nitrogens with one attached hydrogen (secondary N) is 1. The molecule has 7 rings (SSSR count). The molecule has 0 bridgehead atoms. The fourth-order valence-corrected chi connectivity index (χ4v) is 7.42. The van der Waals surface area contributed by atoms with Crippen molar-refractivity contribution in [2.24, 2.45) is 0 Å².